The lowest BCUT2D eigenvalue weighted by Crippen LogP contribution is -2.16. The molecule has 0 amide bonds. The molecule has 0 spiro atoms. The maximum absolute atomic E-state index is 5.40. The van der Waals surface area contributed by atoms with Gasteiger partial charge in [-0.15, -0.1) is 0 Å². The highest BCUT2D eigenvalue weighted by Gasteiger charge is 2.25. The Balaban J connectivity index is 1.65. The van der Waals surface area contributed by atoms with Crippen LogP contribution in [0.1, 0.15) is 37.4 Å². The number of nitrogens with one attached hydrogen (secondary N) is 1. The first-order valence-corrected chi connectivity index (χ1v) is 5.60. The van der Waals surface area contributed by atoms with E-state index in [2.05, 4.69) is 15.5 Å². The molecule has 1 N–H and O–H groups in total. The minimum Gasteiger partial charge on any atom is -0.381 e. The Morgan fingerprint density at radius 1 is 1.27 bits per heavy atom. The molecule has 0 bridgehead atoms. The average Bonchev–Trinajstić information content (AvgIpc) is 2.96. The van der Waals surface area contributed by atoms with Crippen molar-refractivity contribution in [2.24, 2.45) is 0 Å². The van der Waals surface area contributed by atoms with Crippen LogP contribution in [0.25, 0.3) is 0 Å². The topological polar surface area (TPSA) is 60.2 Å². The molecule has 82 valence electrons. The van der Waals surface area contributed by atoms with Gasteiger partial charge in [-0.1, -0.05) is 5.16 Å². The van der Waals surface area contributed by atoms with Gasteiger partial charge >= 0.3 is 6.01 Å². The molecular formula is C10H15N3O2. The number of hydrogen-bond donors (Lipinski definition) is 1. The SMILES string of the molecule is C1COCC(c2noc(NC3CC3)n2)C1. The molecule has 1 aromatic rings. The summed E-state index contributed by atoms with van der Waals surface area (Å²) in [5.41, 5.74) is 0. The van der Waals surface area contributed by atoms with Gasteiger partial charge in [0.05, 0.1) is 6.61 Å². The molecule has 1 aliphatic heterocycles. The van der Waals surface area contributed by atoms with E-state index in [0.29, 0.717) is 18.0 Å². The largest absolute Gasteiger partial charge is 0.381 e. The van der Waals surface area contributed by atoms with Crippen LogP contribution in [0.5, 0.6) is 0 Å². The molecule has 3 rings (SSSR count). The van der Waals surface area contributed by atoms with Crippen molar-refractivity contribution in [2.45, 2.75) is 37.6 Å². The minimum absolute atomic E-state index is 0.317. The van der Waals surface area contributed by atoms with E-state index in [4.69, 9.17) is 9.26 Å². The van der Waals surface area contributed by atoms with Crippen LogP contribution in [0, 0.1) is 0 Å². The fourth-order valence-electron chi connectivity index (χ4n) is 1.81. The second-order valence-corrected chi connectivity index (χ2v) is 4.29. The molecule has 2 aliphatic rings. The van der Waals surface area contributed by atoms with Crippen molar-refractivity contribution >= 4 is 6.01 Å². The highest BCUT2D eigenvalue weighted by atomic mass is 16.5. The third-order valence-electron chi connectivity index (χ3n) is 2.87. The van der Waals surface area contributed by atoms with Gasteiger partial charge in [0.15, 0.2) is 5.82 Å². The van der Waals surface area contributed by atoms with Gasteiger partial charge in [-0.05, 0) is 25.7 Å². The second kappa shape index (κ2) is 3.81. The normalized spacial score (nSPS) is 26.5. The van der Waals surface area contributed by atoms with Crippen LogP contribution in [0.4, 0.5) is 6.01 Å². The lowest BCUT2D eigenvalue weighted by atomic mass is 10.0. The first-order valence-electron chi connectivity index (χ1n) is 5.60. The summed E-state index contributed by atoms with van der Waals surface area (Å²) in [6.45, 7) is 1.59. The van der Waals surface area contributed by atoms with Gasteiger partial charge in [0.2, 0.25) is 0 Å². The molecule has 15 heavy (non-hydrogen) atoms. The summed E-state index contributed by atoms with van der Waals surface area (Å²) in [7, 11) is 0. The van der Waals surface area contributed by atoms with Crippen molar-refractivity contribution in [1.29, 1.82) is 0 Å². The second-order valence-electron chi connectivity index (χ2n) is 4.29. The van der Waals surface area contributed by atoms with Crippen LogP contribution in [-0.2, 0) is 4.74 Å². The van der Waals surface area contributed by atoms with Crippen molar-refractivity contribution < 1.29 is 9.26 Å². The van der Waals surface area contributed by atoms with Gasteiger partial charge < -0.3 is 14.6 Å². The van der Waals surface area contributed by atoms with Crippen LogP contribution in [0.15, 0.2) is 4.52 Å². The highest BCUT2D eigenvalue weighted by molar-refractivity contribution is 5.24. The van der Waals surface area contributed by atoms with Crippen LogP contribution < -0.4 is 5.32 Å². The molecule has 1 unspecified atom stereocenters. The Kier molecular flexibility index (Phi) is 2.32. The van der Waals surface area contributed by atoms with Crippen molar-refractivity contribution in [1.82, 2.24) is 10.1 Å². The number of aromatic nitrogens is 2. The number of rotatable bonds is 3. The van der Waals surface area contributed by atoms with Crippen LogP contribution in [0.3, 0.4) is 0 Å². The fourth-order valence-corrected chi connectivity index (χ4v) is 1.81. The quantitative estimate of drug-likeness (QED) is 0.818. The summed E-state index contributed by atoms with van der Waals surface area (Å²) in [5, 5.41) is 7.19. The standard InChI is InChI=1S/C10H15N3O2/c1-2-7(6-14-5-1)9-12-10(15-13-9)11-8-3-4-8/h7-8H,1-6H2,(H,11,12,13). The molecule has 5 nitrogen and oxygen atoms in total. The molecule has 1 aliphatic carbocycles. The summed E-state index contributed by atoms with van der Waals surface area (Å²) in [6.07, 6.45) is 4.61. The monoisotopic (exact) mass is 209 g/mol. The summed E-state index contributed by atoms with van der Waals surface area (Å²) in [4.78, 5) is 4.35. The van der Waals surface area contributed by atoms with Crippen molar-refractivity contribution in [2.75, 3.05) is 18.5 Å². The van der Waals surface area contributed by atoms with E-state index in [-0.39, 0.29) is 0 Å². The Bertz CT molecular complexity index is 329. The lowest BCUT2D eigenvalue weighted by Gasteiger charge is -2.18. The Morgan fingerprint density at radius 2 is 2.20 bits per heavy atom. The van der Waals surface area contributed by atoms with E-state index >= 15 is 0 Å². The van der Waals surface area contributed by atoms with E-state index in [1.54, 1.807) is 0 Å². The third kappa shape index (κ3) is 2.12. The van der Waals surface area contributed by atoms with Crippen LogP contribution in [0.2, 0.25) is 0 Å². The number of hydrogen-bond acceptors (Lipinski definition) is 5. The Morgan fingerprint density at radius 3 is 2.93 bits per heavy atom. The Hall–Kier alpha value is -1.10. The van der Waals surface area contributed by atoms with Crippen molar-refractivity contribution in [3.8, 4) is 0 Å². The zero-order valence-electron chi connectivity index (χ0n) is 8.61. The number of nitrogens with zero attached hydrogens (tertiary/aromatic N) is 2. The van der Waals surface area contributed by atoms with E-state index in [1.165, 1.54) is 12.8 Å². The molecule has 1 aromatic heterocycles. The first-order chi connectivity index (χ1) is 7.42. The molecular weight excluding hydrogens is 194 g/mol. The van der Waals surface area contributed by atoms with Gasteiger partial charge in [-0.3, -0.25) is 0 Å². The minimum atomic E-state index is 0.317. The molecule has 2 heterocycles. The van der Waals surface area contributed by atoms with Gasteiger partial charge in [0, 0.05) is 18.6 Å². The summed E-state index contributed by atoms with van der Waals surface area (Å²) >= 11 is 0. The van der Waals surface area contributed by atoms with E-state index in [0.717, 1.165) is 31.9 Å². The molecule has 2 fully saturated rings. The maximum Gasteiger partial charge on any atom is 0.321 e. The smallest absolute Gasteiger partial charge is 0.321 e. The fraction of sp³-hybridized carbons (Fsp3) is 0.800. The predicted octanol–water partition coefficient (Wildman–Crippen LogP) is 1.54. The van der Waals surface area contributed by atoms with Crippen LogP contribution >= 0.6 is 0 Å². The Labute approximate surface area is 88.2 Å². The molecule has 0 aromatic carbocycles. The average molecular weight is 209 g/mol. The molecule has 5 heteroatoms. The van der Waals surface area contributed by atoms with Crippen molar-refractivity contribution in [3.63, 3.8) is 0 Å². The lowest BCUT2D eigenvalue weighted by molar-refractivity contribution is 0.0773. The van der Waals surface area contributed by atoms with Gasteiger partial charge in [-0.25, -0.2) is 0 Å². The van der Waals surface area contributed by atoms with Gasteiger partial charge in [0.1, 0.15) is 0 Å². The molecule has 0 radical (unpaired) electrons. The predicted molar refractivity (Wildman–Crippen MR) is 53.7 cm³/mol. The highest BCUT2D eigenvalue weighted by Crippen LogP contribution is 2.26. The van der Waals surface area contributed by atoms with Crippen LogP contribution in [-0.4, -0.2) is 29.4 Å². The molecule has 1 saturated carbocycles. The molecule has 1 atom stereocenters. The van der Waals surface area contributed by atoms with Crippen molar-refractivity contribution in [3.05, 3.63) is 5.82 Å². The van der Waals surface area contributed by atoms with Gasteiger partial charge in [0.25, 0.3) is 0 Å². The zero-order chi connectivity index (χ0) is 10.1. The maximum atomic E-state index is 5.40. The van der Waals surface area contributed by atoms with E-state index < -0.39 is 0 Å². The summed E-state index contributed by atoms with van der Waals surface area (Å²) < 4.78 is 10.5. The number of ether oxygens (including phenoxy) is 1. The third-order valence-corrected chi connectivity index (χ3v) is 2.87. The van der Waals surface area contributed by atoms with Gasteiger partial charge in [-0.2, -0.15) is 4.98 Å². The van der Waals surface area contributed by atoms with E-state index in [9.17, 15) is 0 Å². The number of anilines is 1. The zero-order valence-corrected chi connectivity index (χ0v) is 8.61. The first kappa shape index (κ1) is 9.15. The summed E-state index contributed by atoms with van der Waals surface area (Å²) in [5.74, 6) is 1.11. The van der Waals surface area contributed by atoms with E-state index in [1.807, 2.05) is 0 Å². The summed E-state index contributed by atoms with van der Waals surface area (Å²) in [6, 6.07) is 1.12. The molecule has 1 saturated heterocycles.